The lowest BCUT2D eigenvalue weighted by molar-refractivity contribution is -0.149. The number of hydrogen-bond acceptors (Lipinski definition) is 9. The zero-order valence-corrected chi connectivity index (χ0v) is 18.4. The first-order valence-corrected chi connectivity index (χ1v) is 10.5. The fraction of sp³-hybridized carbons (Fsp3) is 0.800. The first-order valence-electron chi connectivity index (χ1n) is 10.0. The van der Waals surface area contributed by atoms with Crippen molar-refractivity contribution in [3.8, 4) is 0 Å². The number of unbranched alkanes of at least 4 members (excludes halogenated alkanes) is 4. The number of Topliss-reactive ketones (excluding diaryl/α,β-unsaturated/α-hetero) is 1. The van der Waals surface area contributed by atoms with Crippen LogP contribution in [0.25, 0.3) is 0 Å². The Morgan fingerprint density at radius 3 is 1.79 bits per heavy atom. The summed E-state index contributed by atoms with van der Waals surface area (Å²) in [6, 6.07) is 0. The molecule has 0 aromatic carbocycles. The van der Waals surface area contributed by atoms with Gasteiger partial charge in [0, 0.05) is 20.1 Å². The van der Waals surface area contributed by atoms with Crippen LogP contribution in [0, 0.1) is 0 Å². The monoisotopic (exact) mass is 434 g/mol. The van der Waals surface area contributed by atoms with Gasteiger partial charge in [-0.2, -0.15) is 12.6 Å². The van der Waals surface area contributed by atoms with E-state index in [0.29, 0.717) is 26.1 Å². The normalized spacial score (nSPS) is 11.6. The molecule has 1 atom stereocenters. The maximum Gasteiger partial charge on any atom is 0.319 e. The number of carbonyl (C=O) groups excluding carboxylic acids is 4. The average molecular weight is 435 g/mol. The van der Waals surface area contributed by atoms with Crippen LogP contribution < -0.4 is 0 Å². The van der Waals surface area contributed by atoms with Crippen molar-refractivity contribution in [2.45, 2.75) is 70.0 Å². The standard InChI is InChI=1S/C20H34O8S/c1-16(21)9-10-18(22)26-12-6-4-7-13-27-19(23)15-17(29)20(24)28-14-8-3-5-11-25-2/h17,29H,3-15H2,1-2H3. The molecule has 0 aliphatic carbocycles. The van der Waals surface area contributed by atoms with Gasteiger partial charge in [0.15, 0.2) is 0 Å². The molecule has 0 N–H and O–H groups in total. The Hall–Kier alpha value is -1.61. The van der Waals surface area contributed by atoms with Crippen LogP contribution in [0.3, 0.4) is 0 Å². The first-order chi connectivity index (χ1) is 13.9. The average Bonchev–Trinajstić information content (AvgIpc) is 2.67. The summed E-state index contributed by atoms with van der Waals surface area (Å²) in [4.78, 5) is 45.6. The lowest BCUT2D eigenvalue weighted by Crippen LogP contribution is -2.23. The van der Waals surface area contributed by atoms with Crippen molar-refractivity contribution in [1.29, 1.82) is 0 Å². The van der Waals surface area contributed by atoms with Gasteiger partial charge in [0.2, 0.25) is 0 Å². The highest BCUT2D eigenvalue weighted by Gasteiger charge is 2.20. The lowest BCUT2D eigenvalue weighted by atomic mass is 10.2. The van der Waals surface area contributed by atoms with Crippen molar-refractivity contribution in [2.75, 3.05) is 33.5 Å². The SMILES string of the molecule is COCCCCCOC(=O)C(S)CC(=O)OCCCCCOC(=O)CCC(C)=O. The third-order valence-corrected chi connectivity index (χ3v) is 4.26. The second-order valence-electron chi connectivity index (χ2n) is 6.64. The molecule has 168 valence electrons. The largest absolute Gasteiger partial charge is 0.466 e. The Morgan fingerprint density at radius 2 is 1.24 bits per heavy atom. The second kappa shape index (κ2) is 18.4. The number of methoxy groups -OCH3 is 1. The van der Waals surface area contributed by atoms with Crippen LogP contribution in [0.15, 0.2) is 0 Å². The van der Waals surface area contributed by atoms with Crippen molar-refractivity contribution in [3.05, 3.63) is 0 Å². The number of hydrogen-bond donors (Lipinski definition) is 1. The summed E-state index contributed by atoms with van der Waals surface area (Å²) < 4.78 is 20.1. The van der Waals surface area contributed by atoms with Crippen LogP contribution in [0.4, 0.5) is 0 Å². The van der Waals surface area contributed by atoms with Crippen LogP contribution in [0.1, 0.15) is 64.7 Å². The molecule has 0 aliphatic heterocycles. The summed E-state index contributed by atoms with van der Waals surface area (Å²) in [5.41, 5.74) is 0. The fourth-order valence-corrected chi connectivity index (χ4v) is 2.42. The smallest absolute Gasteiger partial charge is 0.319 e. The summed E-state index contributed by atoms with van der Waals surface area (Å²) in [6.45, 7) is 2.92. The molecule has 0 aromatic heterocycles. The Kier molecular flexibility index (Phi) is 17.4. The zero-order chi connectivity index (χ0) is 21.9. The van der Waals surface area contributed by atoms with E-state index in [1.165, 1.54) is 6.92 Å². The molecular formula is C20H34O8S. The Bertz CT molecular complexity index is 495. The Morgan fingerprint density at radius 1 is 0.724 bits per heavy atom. The topological polar surface area (TPSA) is 105 Å². The molecule has 9 heteroatoms. The number of thiol groups is 1. The maximum absolute atomic E-state index is 11.8. The third kappa shape index (κ3) is 18.2. The Labute approximate surface area is 178 Å². The van der Waals surface area contributed by atoms with Crippen molar-refractivity contribution < 1.29 is 38.1 Å². The predicted octanol–water partition coefficient (Wildman–Crippen LogP) is 2.66. The fourth-order valence-electron chi connectivity index (χ4n) is 2.20. The van der Waals surface area contributed by atoms with Crippen LogP contribution in [0.5, 0.6) is 0 Å². The summed E-state index contributed by atoms with van der Waals surface area (Å²) in [7, 11) is 1.64. The first kappa shape index (κ1) is 27.4. The van der Waals surface area contributed by atoms with Gasteiger partial charge in [0.25, 0.3) is 0 Å². The van der Waals surface area contributed by atoms with Gasteiger partial charge in [-0.25, -0.2) is 0 Å². The number of esters is 3. The van der Waals surface area contributed by atoms with Gasteiger partial charge in [-0.15, -0.1) is 0 Å². The van der Waals surface area contributed by atoms with Crippen molar-refractivity contribution in [2.24, 2.45) is 0 Å². The molecule has 0 aliphatic rings. The van der Waals surface area contributed by atoms with Crippen molar-refractivity contribution >= 4 is 36.3 Å². The minimum Gasteiger partial charge on any atom is -0.466 e. The summed E-state index contributed by atoms with van der Waals surface area (Å²) in [5, 5.41) is -0.837. The van der Waals surface area contributed by atoms with Gasteiger partial charge >= 0.3 is 17.9 Å². The predicted molar refractivity (Wildman–Crippen MR) is 110 cm³/mol. The summed E-state index contributed by atoms with van der Waals surface area (Å²) in [6.07, 6.45) is 4.71. The quantitative estimate of drug-likeness (QED) is 0.152. The highest BCUT2D eigenvalue weighted by Crippen LogP contribution is 2.08. The maximum atomic E-state index is 11.8. The Balaban J connectivity index is 3.61. The summed E-state index contributed by atoms with van der Waals surface area (Å²) >= 11 is 4.10. The summed E-state index contributed by atoms with van der Waals surface area (Å²) in [5.74, 6) is -1.45. The van der Waals surface area contributed by atoms with Gasteiger partial charge in [0.05, 0.1) is 32.7 Å². The molecule has 1 unspecified atom stereocenters. The van der Waals surface area contributed by atoms with Crippen LogP contribution >= 0.6 is 12.6 Å². The van der Waals surface area contributed by atoms with E-state index in [2.05, 4.69) is 12.6 Å². The molecule has 0 bridgehead atoms. The van der Waals surface area contributed by atoms with Crippen molar-refractivity contribution in [1.82, 2.24) is 0 Å². The second-order valence-corrected chi connectivity index (χ2v) is 7.27. The van der Waals surface area contributed by atoms with E-state index in [0.717, 1.165) is 25.7 Å². The molecule has 0 saturated heterocycles. The van der Waals surface area contributed by atoms with Gasteiger partial charge < -0.3 is 23.7 Å². The molecule has 0 amide bonds. The molecule has 29 heavy (non-hydrogen) atoms. The lowest BCUT2D eigenvalue weighted by Gasteiger charge is -2.11. The highest BCUT2D eigenvalue weighted by molar-refractivity contribution is 7.81. The van der Waals surface area contributed by atoms with Gasteiger partial charge in [-0.05, 0) is 45.4 Å². The molecule has 0 heterocycles. The molecular weight excluding hydrogens is 400 g/mol. The molecule has 0 rings (SSSR count). The minimum atomic E-state index is -0.837. The molecule has 8 nitrogen and oxygen atoms in total. The van der Waals surface area contributed by atoms with E-state index in [-0.39, 0.29) is 44.2 Å². The minimum absolute atomic E-state index is 0.0431. The van der Waals surface area contributed by atoms with E-state index in [9.17, 15) is 19.2 Å². The van der Waals surface area contributed by atoms with Crippen LogP contribution in [-0.2, 0) is 38.1 Å². The van der Waals surface area contributed by atoms with Gasteiger partial charge in [-0.3, -0.25) is 14.4 Å². The number of rotatable bonds is 18. The third-order valence-electron chi connectivity index (χ3n) is 3.87. The van der Waals surface area contributed by atoms with Gasteiger partial charge in [-0.1, -0.05) is 0 Å². The molecule has 0 fully saturated rings. The van der Waals surface area contributed by atoms with Crippen LogP contribution in [-0.4, -0.2) is 62.5 Å². The van der Waals surface area contributed by atoms with E-state index < -0.39 is 17.2 Å². The van der Waals surface area contributed by atoms with E-state index in [4.69, 9.17) is 18.9 Å². The highest BCUT2D eigenvalue weighted by atomic mass is 32.1. The van der Waals surface area contributed by atoms with E-state index >= 15 is 0 Å². The molecule has 0 spiro atoms. The van der Waals surface area contributed by atoms with Crippen LogP contribution in [0.2, 0.25) is 0 Å². The molecule has 0 aromatic rings. The molecule has 0 radical (unpaired) electrons. The van der Waals surface area contributed by atoms with Crippen molar-refractivity contribution in [3.63, 3.8) is 0 Å². The van der Waals surface area contributed by atoms with E-state index in [1.807, 2.05) is 0 Å². The van der Waals surface area contributed by atoms with E-state index in [1.54, 1.807) is 7.11 Å². The number of ether oxygens (including phenoxy) is 4. The number of carbonyl (C=O) groups is 4. The van der Waals surface area contributed by atoms with Gasteiger partial charge in [0.1, 0.15) is 11.0 Å². The zero-order valence-electron chi connectivity index (χ0n) is 17.5. The molecule has 0 saturated carbocycles. The number of ketones is 1.